The number of anilines is 2. The molecule has 0 unspecified atom stereocenters. The molecule has 5 heteroatoms. The third-order valence-electron chi connectivity index (χ3n) is 4.19. The summed E-state index contributed by atoms with van der Waals surface area (Å²) in [5.74, 6) is 0.0183. The van der Waals surface area contributed by atoms with Gasteiger partial charge in [0.15, 0.2) is 5.65 Å². The van der Waals surface area contributed by atoms with Crippen LogP contribution in [-0.4, -0.2) is 22.5 Å². The second-order valence-corrected chi connectivity index (χ2v) is 6.50. The van der Waals surface area contributed by atoms with Gasteiger partial charge < -0.3 is 10.1 Å². The van der Waals surface area contributed by atoms with E-state index in [2.05, 4.69) is 41.3 Å². The molecule has 0 amide bonds. The molecule has 0 atom stereocenters. The largest absolute Gasteiger partial charge is 0.462 e. The van der Waals surface area contributed by atoms with Gasteiger partial charge in [0.05, 0.1) is 12.3 Å². The molecule has 0 aliphatic carbocycles. The lowest BCUT2D eigenvalue weighted by Crippen LogP contribution is -2.10. The summed E-state index contributed by atoms with van der Waals surface area (Å²) in [4.78, 5) is 21.2. The number of ether oxygens (including phenoxy) is 1. The van der Waals surface area contributed by atoms with Gasteiger partial charge >= 0.3 is 5.97 Å². The first-order chi connectivity index (χ1) is 12.5. The Hall–Kier alpha value is -2.95. The van der Waals surface area contributed by atoms with E-state index in [4.69, 9.17) is 4.74 Å². The molecular weight excluding hydrogens is 326 g/mol. The van der Waals surface area contributed by atoms with Crippen molar-refractivity contribution in [2.45, 2.75) is 33.6 Å². The monoisotopic (exact) mass is 349 g/mol. The Morgan fingerprint density at radius 3 is 2.77 bits per heavy atom. The predicted octanol–water partition coefficient (Wildman–Crippen LogP) is 4.98. The van der Waals surface area contributed by atoms with E-state index in [0.717, 1.165) is 16.8 Å². The number of hydrogen-bond acceptors (Lipinski definition) is 5. The van der Waals surface area contributed by atoms with Crippen molar-refractivity contribution in [3.8, 4) is 0 Å². The molecule has 134 valence electrons. The van der Waals surface area contributed by atoms with Crippen LogP contribution in [0.1, 0.15) is 48.3 Å². The van der Waals surface area contributed by atoms with E-state index in [1.54, 1.807) is 6.92 Å². The molecule has 1 N–H and O–H groups in total. The summed E-state index contributed by atoms with van der Waals surface area (Å²) in [6.07, 6.45) is 1.53. The van der Waals surface area contributed by atoms with Crippen LogP contribution in [0.25, 0.3) is 11.0 Å². The molecule has 0 radical (unpaired) electrons. The smallest absolute Gasteiger partial charge is 0.341 e. The summed E-state index contributed by atoms with van der Waals surface area (Å²) in [7, 11) is 0. The van der Waals surface area contributed by atoms with Crippen LogP contribution in [-0.2, 0) is 4.74 Å². The number of carbonyl (C=O) groups excluding carboxylic acids is 1. The Balaban J connectivity index is 2.13. The highest BCUT2D eigenvalue weighted by molar-refractivity contribution is 6.05. The molecule has 0 saturated heterocycles. The highest BCUT2D eigenvalue weighted by atomic mass is 16.5. The van der Waals surface area contributed by atoms with Crippen molar-refractivity contribution >= 4 is 28.4 Å². The average Bonchev–Trinajstić information content (AvgIpc) is 2.62. The minimum Gasteiger partial charge on any atom is -0.462 e. The fourth-order valence-electron chi connectivity index (χ4n) is 2.79. The van der Waals surface area contributed by atoms with E-state index in [1.807, 2.05) is 31.2 Å². The summed E-state index contributed by atoms with van der Waals surface area (Å²) in [6, 6.07) is 12.0. The number of esters is 1. The standard InChI is InChI=1S/C21H23N3O2/c1-5-26-21(25)18-12-22-20-17(10-9-14(4)23-20)19(18)24-16-8-6-7-15(11-16)13(2)3/h6-13H,5H2,1-4H3,(H,22,23,24). The van der Waals surface area contributed by atoms with Crippen molar-refractivity contribution in [2.24, 2.45) is 0 Å². The van der Waals surface area contributed by atoms with E-state index >= 15 is 0 Å². The third kappa shape index (κ3) is 3.67. The molecule has 0 bridgehead atoms. The van der Waals surface area contributed by atoms with Crippen LogP contribution in [0.3, 0.4) is 0 Å². The number of benzene rings is 1. The Morgan fingerprint density at radius 1 is 1.23 bits per heavy atom. The van der Waals surface area contributed by atoms with E-state index in [0.29, 0.717) is 29.4 Å². The average molecular weight is 349 g/mol. The van der Waals surface area contributed by atoms with E-state index < -0.39 is 5.97 Å². The van der Waals surface area contributed by atoms with Gasteiger partial charge in [-0.15, -0.1) is 0 Å². The lowest BCUT2D eigenvalue weighted by Gasteiger charge is -2.15. The summed E-state index contributed by atoms with van der Waals surface area (Å²) >= 11 is 0. The summed E-state index contributed by atoms with van der Waals surface area (Å²) in [5, 5.41) is 4.18. The molecule has 0 aliphatic rings. The maximum atomic E-state index is 12.4. The molecule has 26 heavy (non-hydrogen) atoms. The van der Waals surface area contributed by atoms with Crippen molar-refractivity contribution < 1.29 is 9.53 Å². The van der Waals surface area contributed by atoms with Gasteiger partial charge in [-0.2, -0.15) is 0 Å². The van der Waals surface area contributed by atoms with E-state index in [9.17, 15) is 4.79 Å². The molecule has 5 nitrogen and oxygen atoms in total. The van der Waals surface area contributed by atoms with Crippen molar-refractivity contribution in [3.63, 3.8) is 0 Å². The highest BCUT2D eigenvalue weighted by Gasteiger charge is 2.18. The number of nitrogens with zero attached hydrogens (tertiary/aromatic N) is 2. The summed E-state index contributed by atoms with van der Waals surface area (Å²) < 4.78 is 5.20. The first-order valence-corrected chi connectivity index (χ1v) is 8.80. The second kappa shape index (κ2) is 7.52. The zero-order valence-corrected chi connectivity index (χ0v) is 15.5. The van der Waals surface area contributed by atoms with Crippen LogP contribution >= 0.6 is 0 Å². The maximum Gasteiger partial charge on any atom is 0.341 e. The van der Waals surface area contributed by atoms with Gasteiger partial charge in [-0.3, -0.25) is 0 Å². The van der Waals surface area contributed by atoms with Gasteiger partial charge in [0.2, 0.25) is 0 Å². The number of aryl methyl sites for hydroxylation is 1. The van der Waals surface area contributed by atoms with Gasteiger partial charge in [0.1, 0.15) is 5.56 Å². The van der Waals surface area contributed by atoms with E-state index in [-0.39, 0.29) is 0 Å². The van der Waals surface area contributed by atoms with Gasteiger partial charge in [-0.1, -0.05) is 26.0 Å². The Morgan fingerprint density at radius 2 is 2.04 bits per heavy atom. The van der Waals surface area contributed by atoms with Gasteiger partial charge in [0, 0.05) is 23.0 Å². The van der Waals surface area contributed by atoms with Crippen LogP contribution in [0.4, 0.5) is 11.4 Å². The van der Waals surface area contributed by atoms with Crippen molar-refractivity contribution in [1.82, 2.24) is 9.97 Å². The van der Waals surface area contributed by atoms with Gasteiger partial charge in [0.25, 0.3) is 0 Å². The second-order valence-electron chi connectivity index (χ2n) is 6.50. The Bertz CT molecular complexity index is 951. The summed E-state index contributed by atoms with van der Waals surface area (Å²) in [5.41, 5.74) is 4.68. The molecule has 2 heterocycles. The number of fused-ring (bicyclic) bond motifs is 1. The van der Waals surface area contributed by atoms with Crippen molar-refractivity contribution in [1.29, 1.82) is 0 Å². The SMILES string of the molecule is CCOC(=O)c1cnc2nc(C)ccc2c1Nc1cccc(C(C)C)c1. The van der Waals surface area contributed by atoms with Gasteiger partial charge in [-0.25, -0.2) is 14.8 Å². The third-order valence-corrected chi connectivity index (χ3v) is 4.19. The first-order valence-electron chi connectivity index (χ1n) is 8.80. The summed E-state index contributed by atoms with van der Waals surface area (Å²) in [6.45, 7) is 8.32. The fourth-order valence-corrected chi connectivity index (χ4v) is 2.79. The minimum atomic E-state index is -0.398. The Kier molecular flexibility index (Phi) is 5.16. The van der Waals surface area contributed by atoms with Crippen LogP contribution in [0.2, 0.25) is 0 Å². The molecule has 3 aromatic rings. The topological polar surface area (TPSA) is 64.1 Å². The predicted molar refractivity (Wildman–Crippen MR) is 104 cm³/mol. The number of nitrogens with one attached hydrogen (secondary N) is 1. The zero-order valence-electron chi connectivity index (χ0n) is 15.5. The van der Waals surface area contributed by atoms with Crippen molar-refractivity contribution in [2.75, 3.05) is 11.9 Å². The highest BCUT2D eigenvalue weighted by Crippen LogP contribution is 2.30. The number of rotatable bonds is 5. The molecule has 1 aromatic carbocycles. The fraction of sp³-hybridized carbons (Fsp3) is 0.286. The van der Waals surface area contributed by atoms with Crippen LogP contribution < -0.4 is 5.32 Å². The van der Waals surface area contributed by atoms with Crippen LogP contribution in [0.5, 0.6) is 0 Å². The molecule has 0 fully saturated rings. The lowest BCUT2D eigenvalue weighted by molar-refractivity contribution is 0.0527. The molecule has 3 rings (SSSR count). The number of hydrogen-bond donors (Lipinski definition) is 1. The first kappa shape index (κ1) is 17.9. The minimum absolute atomic E-state index is 0.311. The quantitative estimate of drug-likeness (QED) is 0.658. The van der Waals surface area contributed by atoms with Crippen molar-refractivity contribution in [3.05, 3.63) is 59.4 Å². The van der Waals surface area contributed by atoms with Gasteiger partial charge in [-0.05, 0) is 49.6 Å². The van der Waals surface area contributed by atoms with Crippen LogP contribution in [0.15, 0.2) is 42.6 Å². The van der Waals surface area contributed by atoms with E-state index in [1.165, 1.54) is 11.8 Å². The number of aromatic nitrogens is 2. The molecule has 0 saturated carbocycles. The molecular formula is C21H23N3O2. The maximum absolute atomic E-state index is 12.4. The zero-order chi connectivity index (χ0) is 18.7. The number of carbonyl (C=O) groups is 1. The number of pyridine rings is 2. The lowest BCUT2D eigenvalue weighted by atomic mass is 10.0. The normalized spacial score (nSPS) is 11.0. The molecule has 0 aliphatic heterocycles. The molecule has 2 aromatic heterocycles. The van der Waals surface area contributed by atoms with Crippen LogP contribution in [0, 0.1) is 6.92 Å². The Labute approximate surface area is 153 Å². The molecule has 0 spiro atoms.